The molecule has 0 saturated heterocycles. The lowest BCUT2D eigenvalue weighted by molar-refractivity contribution is -0.148. The van der Waals surface area contributed by atoms with E-state index in [2.05, 4.69) is 99.8 Å². The molecular weight excluding hydrogens is 679 g/mol. The fourth-order valence-corrected chi connectivity index (χ4v) is 7.65. The Morgan fingerprint density at radius 1 is 0.792 bits per heavy atom. The molecule has 0 bridgehead atoms. The highest BCUT2D eigenvalue weighted by molar-refractivity contribution is 6.74. The van der Waals surface area contributed by atoms with Gasteiger partial charge in [0, 0.05) is 25.0 Å². The first-order valence-corrected chi connectivity index (χ1v) is 21.5. The van der Waals surface area contributed by atoms with Crippen LogP contribution in [0.3, 0.4) is 0 Å². The van der Waals surface area contributed by atoms with Crippen molar-refractivity contribution in [1.29, 1.82) is 0 Å². The summed E-state index contributed by atoms with van der Waals surface area (Å²) in [5.41, 5.74) is 4.29. The molecule has 53 heavy (non-hydrogen) atoms. The van der Waals surface area contributed by atoms with Gasteiger partial charge in [-0.25, -0.2) is 4.79 Å². The molecule has 2 atom stereocenters. The molecule has 3 aromatic rings. The van der Waals surface area contributed by atoms with E-state index in [-0.39, 0.29) is 29.7 Å². The van der Waals surface area contributed by atoms with Crippen molar-refractivity contribution < 1.29 is 28.7 Å². The van der Waals surface area contributed by atoms with Crippen molar-refractivity contribution >= 4 is 26.0 Å². The second-order valence-electron chi connectivity index (χ2n) is 16.3. The van der Waals surface area contributed by atoms with Crippen molar-refractivity contribution in [3.63, 3.8) is 0 Å². The van der Waals surface area contributed by atoms with Crippen LogP contribution in [-0.4, -0.2) is 48.9 Å². The molecule has 1 aliphatic rings. The number of hydrogen-bond donors (Lipinski definition) is 2. The fourth-order valence-electron chi connectivity index (χ4n) is 6.35. The first-order chi connectivity index (χ1) is 24.9. The third-order valence-corrected chi connectivity index (χ3v) is 14.4. The van der Waals surface area contributed by atoms with E-state index < -0.39 is 37.5 Å². The Labute approximate surface area is 317 Å². The van der Waals surface area contributed by atoms with Gasteiger partial charge in [0.25, 0.3) is 0 Å². The maximum atomic E-state index is 13.6. The highest BCUT2D eigenvalue weighted by atomic mass is 28.4. The van der Waals surface area contributed by atoms with Crippen LogP contribution in [0.15, 0.2) is 115 Å². The van der Waals surface area contributed by atoms with E-state index in [1.165, 1.54) is 6.08 Å². The Hall–Kier alpha value is -4.37. The van der Waals surface area contributed by atoms with Crippen molar-refractivity contribution in [3.05, 3.63) is 132 Å². The molecule has 4 rings (SSSR count). The van der Waals surface area contributed by atoms with Crippen molar-refractivity contribution in [2.24, 2.45) is 0 Å². The number of allylic oxidation sites excluding steroid dienone is 2. The lowest BCUT2D eigenvalue weighted by Gasteiger charge is -2.38. The van der Waals surface area contributed by atoms with Crippen molar-refractivity contribution in [2.75, 3.05) is 0 Å². The highest BCUT2D eigenvalue weighted by Crippen LogP contribution is 2.51. The van der Waals surface area contributed by atoms with E-state index >= 15 is 0 Å². The van der Waals surface area contributed by atoms with Crippen LogP contribution < -0.4 is 5.32 Å². The zero-order valence-electron chi connectivity index (χ0n) is 32.6. The van der Waals surface area contributed by atoms with Crippen molar-refractivity contribution in [1.82, 2.24) is 5.32 Å². The minimum absolute atomic E-state index is 0.0587. The molecule has 0 aliphatic heterocycles. The van der Waals surface area contributed by atoms with Gasteiger partial charge in [0.2, 0.25) is 0 Å². The molecule has 8 heteroatoms. The van der Waals surface area contributed by atoms with E-state index in [1.54, 1.807) is 12.2 Å². The fraction of sp³-hybridized carbons (Fsp3) is 0.400. The van der Waals surface area contributed by atoms with Gasteiger partial charge in [-0.2, -0.15) is 0 Å². The first-order valence-electron chi connectivity index (χ1n) is 18.6. The zero-order valence-corrected chi connectivity index (χ0v) is 33.6. The molecule has 0 heterocycles. The van der Waals surface area contributed by atoms with Crippen molar-refractivity contribution in [3.8, 4) is 11.1 Å². The van der Waals surface area contributed by atoms with E-state index in [9.17, 15) is 19.5 Å². The van der Waals surface area contributed by atoms with Crippen LogP contribution in [0.2, 0.25) is 18.1 Å². The number of carbonyl (C=O) groups is 3. The second-order valence-corrected chi connectivity index (χ2v) is 21.0. The van der Waals surface area contributed by atoms with Crippen LogP contribution in [-0.2, 0) is 29.1 Å². The van der Waals surface area contributed by atoms with Gasteiger partial charge in [0.1, 0.15) is 5.60 Å². The van der Waals surface area contributed by atoms with Gasteiger partial charge in [-0.3, -0.25) is 14.9 Å². The predicted molar refractivity (Wildman–Crippen MR) is 216 cm³/mol. The van der Waals surface area contributed by atoms with Crippen LogP contribution in [0.1, 0.15) is 90.3 Å². The number of unbranched alkanes of at least 4 members (excludes halogenated alkanes) is 1. The quantitative estimate of drug-likeness (QED) is 0.0468. The number of ketones is 1. The summed E-state index contributed by atoms with van der Waals surface area (Å²) >= 11 is 0. The number of fused-ring (bicyclic) bond motifs is 3. The number of carboxylic acid groups (broad SMARTS) is 1. The normalized spacial score (nSPS) is 15.4. The number of ether oxygens (including phenoxy) is 1. The minimum Gasteiger partial charge on any atom is -0.481 e. The Morgan fingerprint density at radius 2 is 1.38 bits per heavy atom. The monoisotopic (exact) mass is 735 g/mol. The van der Waals surface area contributed by atoms with Gasteiger partial charge in [-0.05, 0) is 98.1 Å². The largest absolute Gasteiger partial charge is 0.481 e. The number of benzene rings is 3. The third-order valence-electron chi connectivity index (χ3n) is 9.92. The maximum Gasteiger partial charge on any atom is 0.331 e. The Kier molecular flexibility index (Phi) is 13.8. The molecule has 0 amide bonds. The van der Waals surface area contributed by atoms with E-state index in [0.29, 0.717) is 19.3 Å². The van der Waals surface area contributed by atoms with Crippen LogP contribution in [0.25, 0.3) is 11.1 Å². The number of esters is 1. The standard InChI is InChI=1S/C45H57NO6Si/c1-43(2,3)51-42(50)32-31-36(52-53(7,8)44(4,5)6)30-29-35(47)28-27-34(21-13-10-14-26-41(48)49)46-45(33-19-11-9-12-20-33)39-24-17-15-22-37(39)38-23-16-18-25-40(38)45/h9,11-13,15-25,27-28,31-32,34,36,46H,10,14,26,29-30H2,1-8H3,(H,48,49)/b21-13-,28-27+,32-31+/t34-,36+/m0/s1. The summed E-state index contributed by atoms with van der Waals surface area (Å²) in [4.78, 5) is 37.3. The summed E-state index contributed by atoms with van der Waals surface area (Å²) in [6.45, 7) is 16.3. The van der Waals surface area contributed by atoms with Gasteiger partial charge < -0.3 is 14.3 Å². The zero-order chi connectivity index (χ0) is 38.9. The number of carbonyl (C=O) groups excluding carboxylic acids is 2. The summed E-state index contributed by atoms with van der Waals surface area (Å²) in [6.07, 6.45) is 12.1. The predicted octanol–water partition coefficient (Wildman–Crippen LogP) is 9.92. The number of rotatable bonds is 17. The molecule has 1 aliphatic carbocycles. The van der Waals surface area contributed by atoms with E-state index in [4.69, 9.17) is 9.16 Å². The van der Waals surface area contributed by atoms with Gasteiger partial charge in [0.15, 0.2) is 14.1 Å². The number of carboxylic acids is 1. The lowest BCUT2D eigenvalue weighted by Crippen LogP contribution is -2.47. The Morgan fingerprint density at radius 3 is 1.94 bits per heavy atom. The molecule has 0 aromatic heterocycles. The van der Waals surface area contributed by atoms with Crippen LogP contribution in [0.5, 0.6) is 0 Å². The summed E-state index contributed by atoms with van der Waals surface area (Å²) in [5.74, 6) is -1.33. The topological polar surface area (TPSA) is 102 Å². The smallest absolute Gasteiger partial charge is 0.331 e. The first kappa shape index (κ1) is 41.4. The average molecular weight is 736 g/mol. The molecule has 0 fully saturated rings. The van der Waals surface area contributed by atoms with E-state index in [0.717, 1.165) is 27.8 Å². The van der Waals surface area contributed by atoms with Gasteiger partial charge in [0.05, 0.1) is 11.6 Å². The molecule has 7 nitrogen and oxygen atoms in total. The van der Waals surface area contributed by atoms with Gasteiger partial charge >= 0.3 is 11.9 Å². The molecule has 2 N–H and O–H groups in total. The van der Waals surface area contributed by atoms with Crippen LogP contribution in [0, 0.1) is 0 Å². The maximum absolute atomic E-state index is 13.6. The summed E-state index contributed by atoms with van der Waals surface area (Å²) in [5, 5.41) is 13.1. The van der Waals surface area contributed by atoms with Crippen LogP contribution in [0.4, 0.5) is 0 Å². The molecule has 282 valence electrons. The molecule has 0 unspecified atom stereocenters. The summed E-state index contributed by atoms with van der Waals surface area (Å²) in [7, 11) is -2.23. The Balaban J connectivity index is 1.64. The number of aliphatic carboxylic acids is 1. The molecule has 0 radical (unpaired) electrons. The molecular formula is C45H57NO6Si. The average Bonchev–Trinajstić information content (AvgIpc) is 3.37. The number of nitrogens with one attached hydrogen (secondary N) is 1. The third kappa shape index (κ3) is 11.1. The highest BCUT2D eigenvalue weighted by Gasteiger charge is 2.45. The van der Waals surface area contributed by atoms with E-state index in [1.807, 2.05) is 57.2 Å². The van der Waals surface area contributed by atoms with Crippen LogP contribution >= 0.6 is 0 Å². The van der Waals surface area contributed by atoms with Gasteiger partial charge in [-0.1, -0.05) is 118 Å². The Bertz CT molecular complexity index is 1770. The van der Waals surface area contributed by atoms with Gasteiger partial charge in [-0.15, -0.1) is 0 Å². The second kappa shape index (κ2) is 17.6. The van der Waals surface area contributed by atoms with Crippen molar-refractivity contribution in [2.45, 2.75) is 115 Å². The summed E-state index contributed by atoms with van der Waals surface area (Å²) < 4.78 is 12.2. The molecule has 3 aromatic carbocycles. The summed E-state index contributed by atoms with van der Waals surface area (Å²) in [6, 6.07) is 26.8. The SMILES string of the molecule is CC(C)(C)OC(=O)/C=C/[C@@H](CCC(=O)/C=C/[C@H](/C=C\CCCC(=O)O)NC1(c2ccccc2)c2ccccc2-c2ccccc21)O[Si](C)(C)C(C)(C)C. The number of hydrogen-bond acceptors (Lipinski definition) is 6. The lowest BCUT2D eigenvalue weighted by atomic mass is 9.80. The molecule has 0 spiro atoms. The minimum atomic E-state index is -2.23. The molecule has 0 saturated carbocycles.